The predicted molar refractivity (Wildman–Crippen MR) is 121 cm³/mol. The fourth-order valence-electron chi connectivity index (χ4n) is 2.67. The van der Waals surface area contributed by atoms with E-state index in [-0.39, 0.29) is 6.61 Å². The van der Waals surface area contributed by atoms with Crippen LogP contribution in [0.25, 0.3) is 0 Å². The Morgan fingerprint density at radius 1 is 0.903 bits per heavy atom. The van der Waals surface area contributed by atoms with Gasteiger partial charge in [-0.25, -0.2) is 9.97 Å². The van der Waals surface area contributed by atoms with Gasteiger partial charge in [0.2, 0.25) is 11.8 Å². The highest BCUT2D eigenvalue weighted by molar-refractivity contribution is 5.35. The molecule has 5 heteroatoms. The Bertz CT molecular complexity index is 1140. The Hall–Kier alpha value is -4.04. The second kappa shape index (κ2) is 10.7. The predicted octanol–water partition coefficient (Wildman–Crippen LogP) is 5.34. The molecule has 0 spiro atoms. The van der Waals surface area contributed by atoms with E-state index in [1.807, 2.05) is 69.3 Å². The van der Waals surface area contributed by atoms with Crippen LogP contribution in [0.4, 0.5) is 0 Å². The first-order chi connectivity index (χ1) is 15.0. The third kappa shape index (κ3) is 7.06. The second-order valence-electron chi connectivity index (χ2n) is 6.83. The number of aryl methyl sites for hydroxylation is 3. The molecule has 0 saturated heterocycles. The molecule has 0 aliphatic carbocycles. The molecule has 5 nitrogen and oxygen atoms in total. The van der Waals surface area contributed by atoms with Gasteiger partial charge in [-0.3, -0.25) is 0 Å². The average molecular weight is 412 g/mol. The van der Waals surface area contributed by atoms with Gasteiger partial charge in [-0.1, -0.05) is 24.3 Å². The zero-order valence-corrected chi connectivity index (χ0v) is 17.8. The van der Waals surface area contributed by atoms with Crippen LogP contribution in [0.15, 0.2) is 84.3 Å². The van der Waals surface area contributed by atoms with Crippen molar-refractivity contribution in [3.05, 3.63) is 101 Å². The van der Waals surface area contributed by atoms with Crippen LogP contribution in [-0.4, -0.2) is 16.6 Å². The zero-order chi connectivity index (χ0) is 22.1. The normalized spacial score (nSPS) is 11.5. The Morgan fingerprint density at radius 3 is 2.26 bits per heavy atom. The summed E-state index contributed by atoms with van der Waals surface area (Å²) in [4.78, 5) is 8.71. The molecule has 2 aromatic heterocycles. The highest BCUT2D eigenvalue weighted by Crippen LogP contribution is 2.18. The van der Waals surface area contributed by atoms with Crippen molar-refractivity contribution >= 4 is 0 Å². The molecule has 0 unspecified atom stereocenters. The lowest BCUT2D eigenvalue weighted by atomic mass is 10.2. The smallest absolute Gasteiger partial charge is 0.219 e. The molecule has 0 fully saturated rings. The lowest BCUT2D eigenvalue weighted by molar-refractivity contribution is 0.338. The number of nitrogens with zero attached hydrogens (tertiary/aromatic N) is 2. The molecule has 3 aromatic rings. The number of rotatable bonds is 8. The van der Waals surface area contributed by atoms with E-state index in [1.165, 1.54) is 0 Å². The minimum atomic E-state index is 0.233. The molecule has 0 radical (unpaired) electrons. The van der Waals surface area contributed by atoms with Crippen molar-refractivity contribution in [2.24, 2.45) is 0 Å². The van der Waals surface area contributed by atoms with Crippen molar-refractivity contribution in [3.63, 3.8) is 0 Å². The van der Waals surface area contributed by atoms with Gasteiger partial charge in [-0.05, 0) is 62.6 Å². The van der Waals surface area contributed by atoms with Gasteiger partial charge < -0.3 is 14.2 Å². The van der Waals surface area contributed by atoms with E-state index in [1.54, 1.807) is 24.3 Å². The van der Waals surface area contributed by atoms with E-state index >= 15 is 0 Å². The molecule has 0 atom stereocenters. The summed E-state index contributed by atoms with van der Waals surface area (Å²) in [5, 5.41) is 0. The van der Waals surface area contributed by atoms with Crippen LogP contribution in [-0.2, 0) is 0 Å². The summed E-state index contributed by atoms with van der Waals surface area (Å²) in [6.45, 7) is 6.02. The number of terminal acetylenes is 1. The third-order valence-corrected chi connectivity index (χ3v) is 4.10. The Labute approximate surface area is 183 Å². The number of benzene rings is 1. The molecule has 0 aliphatic heterocycles. The number of allylic oxidation sites excluding steroid dienone is 2. The highest BCUT2D eigenvalue weighted by atomic mass is 16.5. The summed E-state index contributed by atoms with van der Waals surface area (Å²) in [6.07, 6.45) is 9.07. The monoisotopic (exact) mass is 412 g/mol. The second-order valence-corrected chi connectivity index (χ2v) is 6.83. The van der Waals surface area contributed by atoms with Crippen LogP contribution in [0.2, 0.25) is 0 Å². The van der Waals surface area contributed by atoms with Gasteiger partial charge in [-0.15, -0.1) is 6.42 Å². The van der Waals surface area contributed by atoms with Crippen molar-refractivity contribution in [2.75, 3.05) is 6.61 Å². The number of hydrogen-bond donors (Lipinski definition) is 0. The van der Waals surface area contributed by atoms with Gasteiger partial charge in [0, 0.05) is 29.6 Å². The van der Waals surface area contributed by atoms with E-state index in [9.17, 15) is 0 Å². The maximum atomic E-state index is 5.95. The van der Waals surface area contributed by atoms with Crippen molar-refractivity contribution in [3.8, 4) is 29.9 Å². The number of aromatic nitrogens is 2. The molecular formula is C26H24N2O3. The highest BCUT2D eigenvalue weighted by Gasteiger charge is 2.06. The first-order valence-corrected chi connectivity index (χ1v) is 9.83. The Balaban J connectivity index is 1.82. The fourth-order valence-corrected chi connectivity index (χ4v) is 2.67. The minimum Gasteiger partial charge on any atom is -0.473 e. The van der Waals surface area contributed by atoms with Crippen LogP contribution in [0, 0.1) is 33.1 Å². The van der Waals surface area contributed by atoms with E-state index < -0.39 is 0 Å². The lowest BCUT2D eigenvalue weighted by Gasteiger charge is -2.10. The number of hydrogen-bond acceptors (Lipinski definition) is 5. The van der Waals surface area contributed by atoms with Gasteiger partial charge >= 0.3 is 0 Å². The Kier molecular flexibility index (Phi) is 7.45. The summed E-state index contributed by atoms with van der Waals surface area (Å²) in [5.74, 6) is 4.94. The van der Waals surface area contributed by atoms with Gasteiger partial charge in [0.05, 0.1) is 0 Å². The van der Waals surface area contributed by atoms with Crippen molar-refractivity contribution < 1.29 is 14.2 Å². The van der Waals surface area contributed by atoms with E-state index in [0.29, 0.717) is 29.0 Å². The van der Waals surface area contributed by atoms with Crippen molar-refractivity contribution in [1.82, 2.24) is 9.97 Å². The molecule has 3 rings (SSSR count). The summed E-state index contributed by atoms with van der Waals surface area (Å²) in [6, 6.07) is 18.8. The number of ether oxygens (including phenoxy) is 3. The molecular weight excluding hydrogens is 388 g/mol. The molecule has 1 aromatic carbocycles. The summed E-state index contributed by atoms with van der Waals surface area (Å²) < 4.78 is 17.5. The van der Waals surface area contributed by atoms with Crippen molar-refractivity contribution in [2.45, 2.75) is 20.8 Å². The summed E-state index contributed by atoms with van der Waals surface area (Å²) in [5.41, 5.74) is 2.79. The first-order valence-electron chi connectivity index (χ1n) is 9.83. The van der Waals surface area contributed by atoms with E-state index in [2.05, 4.69) is 15.9 Å². The standard InChI is InChI=1S/C26H24N2O3/c1-5-22(30-23-12-6-9-19(2)17-23)18-24(31-26-14-8-11-21(4)28-26)15-16-29-25-13-7-10-20(3)27-25/h1,6-15,17-18H,16H2,2-4H3/b22-18+,24-15+. The summed E-state index contributed by atoms with van der Waals surface area (Å²) in [7, 11) is 0. The van der Waals surface area contributed by atoms with Crippen LogP contribution in [0.1, 0.15) is 17.0 Å². The van der Waals surface area contributed by atoms with Crippen LogP contribution in [0.5, 0.6) is 17.5 Å². The molecule has 156 valence electrons. The molecule has 0 N–H and O–H groups in total. The van der Waals surface area contributed by atoms with Gasteiger partial charge in [-0.2, -0.15) is 0 Å². The van der Waals surface area contributed by atoms with E-state index in [4.69, 9.17) is 20.6 Å². The topological polar surface area (TPSA) is 53.5 Å². The van der Waals surface area contributed by atoms with Crippen molar-refractivity contribution in [1.29, 1.82) is 0 Å². The number of pyridine rings is 2. The van der Waals surface area contributed by atoms with Gasteiger partial charge in [0.25, 0.3) is 0 Å². The largest absolute Gasteiger partial charge is 0.473 e. The van der Waals surface area contributed by atoms with Crippen LogP contribution in [0.3, 0.4) is 0 Å². The van der Waals surface area contributed by atoms with Gasteiger partial charge in [0.1, 0.15) is 18.1 Å². The Morgan fingerprint density at radius 2 is 1.58 bits per heavy atom. The quantitative estimate of drug-likeness (QED) is 0.284. The maximum absolute atomic E-state index is 5.95. The molecule has 31 heavy (non-hydrogen) atoms. The van der Waals surface area contributed by atoms with Crippen LogP contribution >= 0.6 is 0 Å². The lowest BCUT2D eigenvalue weighted by Crippen LogP contribution is -2.03. The molecule has 0 amide bonds. The molecule has 0 aliphatic rings. The fraction of sp³-hybridized carbons (Fsp3) is 0.154. The minimum absolute atomic E-state index is 0.233. The van der Waals surface area contributed by atoms with Gasteiger partial charge in [0.15, 0.2) is 5.76 Å². The summed E-state index contributed by atoms with van der Waals surface area (Å²) >= 11 is 0. The molecule has 2 heterocycles. The van der Waals surface area contributed by atoms with Crippen LogP contribution < -0.4 is 14.2 Å². The average Bonchev–Trinajstić information content (AvgIpc) is 2.73. The van der Waals surface area contributed by atoms with E-state index in [0.717, 1.165) is 17.0 Å². The molecule has 0 bridgehead atoms. The molecule has 0 saturated carbocycles. The SMILES string of the molecule is C#C/C(=C\C(=C/COc1cccc(C)n1)Oc1cccc(C)n1)Oc1cccc(C)c1. The third-order valence-electron chi connectivity index (χ3n) is 4.10. The zero-order valence-electron chi connectivity index (χ0n) is 17.8. The maximum Gasteiger partial charge on any atom is 0.219 e. The first kappa shape index (κ1) is 21.7.